The molecule has 0 radical (unpaired) electrons. The molecule has 180 valence electrons. The number of likely N-dealkylation sites (N-methyl/N-ethyl adjacent to an activating group) is 2. The van der Waals surface area contributed by atoms with Crippen LogP contribution in [-0.4, -0.2) is 104 Å². The highest BCUT2D eigenvalue weighted by atomic mass is 127. The first-order valence-electron chi connectivity index (χ1n) is 11.1. The highest BCUT2D eigenvalue weighted by Crippen LogP contribution is 2.16. The van der Waals surface area contributed by atoms with E-state index in [1.165, 1.54) is 12.8 Å². The van der Waals surface area contributed by atoms with Gasteiger partial charge in [0.15, 0.2) is 5.96 Å². The van der Waals surface area contributed by atoms with Gasteiger partial charge in [0.2, 0.25) is 5.91 Å². The van der Waals surface area contributed by atoms with Crippen LogP contribution in [0.2, 0.25) is 0 Å². The van der Waals surface area contributed by atoms with Crippen molar-refractivity contribution in [3.8, 4) is 0 Å². The molecular weight excluding hydrogens is 511 g/mol. The van der Waals surface area contributed by atoms with Crippen LogP contribution in [0.1, 0.15) is 47.0 Å². The van der Waals surface area contributed by atoms with E-state index in [4.69, 9.17) is 4.74 Å². The zero-order chi connectivity index (χ0) is 22.3. The normalized spacial score (nSPS) is 22.1. The second-order valence-electron chi connectivity index (χ2n) is 9.31. The van der Waals surface area contributed by atoms with Crippen LogP contribution in [0.3, 0.4) is 0 Å². The zero-order valence-corrected chi connectivity index (χ0v) is 22.3. The summed E-state index contributed by atoms with van der Waals surface area (Å²) in [6.45, 7) is 12.3. The van der Waals surface area contributed by atoms with E-state index >= 15 is 0 Å². The van der Waals surface area contributed by atoms with Crippen molar-refractivity contribution in [1.82, 2.24) is 25.3 Å². The minimum atomic E-state index is -0.518. The van der Waals surface area contributed by atoms with E-state index in [1.54, 1.807) is 19.0 Å². The SMILES string of the molecule is CCN1CCCC1CNC(=NCC(=O)N(C)C)N1CCC(NC(=O)OC(C)(C)C)C1.I. The third-order valence-electron chi connectivity index (χ3n) is 5.47. The summed E-state index contributed by atoms with van der Waals surface area (Å²) in [5.41, 5.74) is -0.518. The molecule has 10 heteroatoms. The number of halogens is 1. The molecule has 2 saturated heterocycles. The summed E-state index contributed by atoms with van der Waals surface area (Å²) in [5, 5.41) is 6.44. The van der Waals surface area contributed by atoms with Crippen molar-refractivity contribution in [3.63, 3.8) is 0 Å². The van der Waals surface area contributed by atoms with Crippen LogP contribution < -0.4 is 10.6 Å². The highest BCUT2D eigenvalue weighted by Gasteiger charge is 2.29. The molecular formula is C21H41IN6O3. The second kappa shape index (κ2) is 12.7. The van der Waals surface area contributed by atoms with Gasteiger partial charge in [-0.15, -0.1) is 24.0 Å². The number of hydrogen-bond acceptors (Lipinski definition) is 5. The molecule has 0 bridgehead atoms. The second-order valence-corrected chi connectivity index (χ2v) is 9.31. The van der Waals surface area contributed by atoms with Crippen LogP contribution in [0.4, 0.5) is 4.79 Å². The first kappa shape index (κ1) is 27.7. The van der Waals surface area contributed by atoms with Crippen molar-refractivity contribution in [2.24, 2.45) is 4.99 Å². The Labute approximate surface area is 204 Å². The Morgan fingerprint density at radius 1 is 1.19 bits per heavy atom. The van der Waals surface area contributed by atoms with E-state index < -0.39 is 11.7 Å². The number of guanidine groups is 1. The first-order valence-corrected chi connectivity index (χ1v) is 11.1. The Bertz CT molecular complexity index is 623. The van der Waals surface area contributed by atoms with Gasteiger partial charge in [0.25, 0.3) is 0 Å². The summed E-state index contributed by atoms with van der Waals surface area (Å²) in [6.07, 6.45) is 2.81. The fourth-order valence-electron chi connectivity index (χ4n) is 3.85. The predicted octanol–water partition coefficient (Wildman–Crippen LogP) is 1.72. The largest absolute Gasteiger partial charge is 0.444 e. The van der Waals surface area contributed by atoms with Crippen LogP contribution in [0.15, 0.2) is 4.99 Å². The summed E-state index contributed by atoms with van der Waals surface area (Å²) in [4.78, 5) is 34.9. The van der Waals surface area contributed by atoms with Crippen molar-refractivity contribution < 1.29 is 14.3 Å². The van der Waals surface area contributed by atoms with Crippen molar-refractivity contribution in [3.05, 3.63) is 0 Å². The lowest BCUT2D eigenvalue weighted by Gasteiger charge is -2.27. The van der Waals surface area contributed by atoms with Crippen LogP contribution in [0.25, 0.3) is 0 Å². The lowest BCUT2D eigenvalue weighted by atomic mass is 10.2. The summed E-state index contributed by atoms with van der Waals surface area (Å²) in [5.74, 6) is 0.703. The first-order chi connectivity index (χ1) is 14.1. The highest BCUT2D eigenvalue weighted by molar-refractivity contribution is 14.0. The van der Waals surface area contributed by atoms with E-state index in [1.807, 2.05) is 20.8 Å². The Balaban J connectivity index is 0.00000480. The van der Waals surface area contributed by atoms with Gasteiger partial charge in [-0.25, -0.2) is 9.79 Å². The molecule has 2 amide bonds. The average Bonchev–Trinajstić information content (AvgIpc) is 3.28. The molecule has 0 aromatic heterocycles. The quantitative estimate of drug-likeness (QED) is 0.297. The summed E-state index contributed by atoms with van der Waals surface area (Å²) in [7, 11) is 3.47. The Morgan fingerprint density at radius 2 is 1.90 bits per heavy atom. The molecule has 0 spiro atoms. The lowest BCUT2D eigenvalue weighted by Crippen LogP contribution is -2.48. The minimum Gasteiger partial charge on any atom is -0.444 e. The fourth-order valence-corrected chi connectivity index (χ4v) is 3.85. The smallest absolute Gasteiger partial charge is 0.407 e. The van der Waals surface area contributed by atoms with E-state index in [0.29, 0.717) is 12.6 Å². The minimum absolute atomic E-state index is 0. The molecule has 2 fully saturated rings. The van der Waals surface area contributed by atoms with Crippen LogP contribution >= 0.6 is 24.0 Å². The van der Waals surface area contributed by atoms with Crippen molar-refractivity contribution in [2.45, 2.75) is 64.6 Å². The summed E-state index contributed by atoms with van der Waals surface area (Å²) < 4.78 is 5.37. The van der Waals surface area contributed by atoms with Gasteiger partial charge in [0.05, 0.1) is 6.04 Å². The van der Waals surface area contributed by atoms with Crippen molar-refractivity contribution >= 4 is 41.9 Å². The molecule has 2 aliphatic rings. The number of amides is 2. The Hall–Kier alpha value is -1.30. The number of nitrogens with one attached hydrogen (secondary N) is 2. The number of aliphatic imine (C=N–C) groups is 1. The molecule has 2 N–H and O–H groups in total. The third-order valence-corrected chi connectivity index (χ3v) is 5.47. The molecule has 9 nitrogen and oxygen atoms in total. The number of ether oxygens (including phenoxy) is 1. The van der Waals surface area contributed by atoms with Gasteiger partial charge in [0, 0.05) is 39.8 Å². The molecule has 2 rings (SSSR count). The number of rotatable bonds is 6. The van der Waals surface area contributed by atoms with Crippen LogP contribution in [-0.2, 0) is 9.53 Å². The number of carbonyl (C=O) groups excluding carboxylic acids is 2. The van der Waals surface area contributed by atoms with Crippen LogP contribution in [0, 0.1) is 0 Å². The zero-order valence-electron chi connectivity index (χ0n) is 19.9. The average molecular weight is 553 g/mol. The molecule has 0 aromatic carbocycles. The fraction of sp³-hybridized carbons (Fsp3) is 0.857. The van der Waals surface area contributed by atoms with E-state index in [9.17, 15) is 9.59 Å². The maximum absolute atomic E-state index is 12.1. The van der Waals surface area contributed by atoms with E-state index in [-0.39, 0.29) is 42.5 Å². The molecule has 2 unspecified atom stereocenters. The summed E-state index contributed by atoms with van der Waals surface area (Å²) >= 11 is 0. The number of carbonyl (C=O) groups is 2. The van der Waals surface area contributed by atoms with Crippen molar-refractivity contribution in [1.29, 1.82) is 0 Å². The number of hydrogen-bond donors (Lipinski definition) is 2. The number of likely N-dealkylation sites (tertiary alicyclic amines) is 2. The molecule has 0 saturated carbocycles. The standard InChI is InChI=1S/C21H40N6O3.HI/c1-7-26-11-8-9-17(26)13-22-19(23-14-18(28)25(5)6)27-12-10-16(15-27)24-20(29)30-21(2,3)4;/h16-17H,7-15H2,1-6H3,(H,22,23)(H,24,29);1H. The van der Waals surface area contributed by atoms with Gasteiger partial charge in [-0.2, -0.15) is 0 Å². The molecule has 31 heavy (non-hydrogen) atoms. The maximum Gasteiger partial charge on any atom is 0.407 e. The molecule has 2 heterocycles. The maximum atomic E-state index is 12.1. The van der Waals surface area contributed by atoms with Crippen molar-refractivity contribution in [2.75, 3.05) is 53.4 Å². The molecule has 2 aliphatic heterocycles. The van der Waals surface area contributed by atoms with Gasteiger partial charge in [-0.05, 0) is 53.1 Å². The van der Waals surface area contributed by atoms with Gasteiger partial charge >= 0.3 is 6.09 Å². The van der Waals surface area contributed by atoms with Crippen LogP contribution in [0.5, 0.6) is 0 Å². The third kappa shape index (κ3) is 9.38. The molecule has 2 atom stereocenters. The van der Waals surface area contributed by atoms with Gasteiger partial charge in [-0.3, -0.25) is 9.69 Å². The lowest BCUT2D eigenvalue weighted by molar-refractivity contribution is -0.127. The number of alkyl carbamates (subject to hydrolysis) is 1. The van der Waals surface area contributed by atoms with Gasteiger partial charge in [0.1, 0.15) is 12.1 Å². The van der Waals surface area contributed by atoms with E-state index in [2.05, 4.69) is 32.3 Å². The topological polar surface area (TPSA) is 89.5 Å². The number of nitrogens with zero attached hydrogens (tertiary/aromatic N) is 4. The Morgan fingerprint density at radius 3 is 2.52 bits per heavy atom. The van der Waals surface area contributed by atoms with E-state index in [0.717, 1.165) is 38.6 Å². The summed E-state index contributed by atoms with van der Waals surface area (Å²) in [6, 6.07) is 0.484. The monoisotopic (exact) mass is 552 g/mol. The van der Waals surface area contributed by atoms with Gasteiger partial charge < -0.3 is 25.2 Å². The molecule has 0 aromatic rings. The predicted molar refractivity (Wildman–Crippen MR) is 134 cm³/mol. The Kier molecular flexibility index (Phi) is 11.3. The molecule has 0 aliphatic carbocycles. The van der Waals surface area contributed by atoms with Gasteiger partial charge in [-0.1, -0.05) is 6.92 Å².